The Morgan fingerprint density at radius 1 is 1.12 bits per heavy atom. The molecule has 0 unspecified atom stereocenters. The second-order valence-electron chi connectivity index (χ2n) is 6.74. The molecule has 0 spiro atoms. The van der Waals surface area contributed by atoms with Gasteiger partial charge in [0.1, 0.15) is 6.33 Å². The number of benzene rings is 2. The van der Waals surface area contributed by atoms with Gasteiger partial charge in [-0.3, -0.25) is 4.79 Å². The molecule has 0 radical (unpaired) electrons. The number of piperidine rings is 1. The molecular formula is C20H22N4O. The second-order valence-corrected chi connectivity index (χ2v) is 6.74. The molecule has 1 aliphatic heterocycles. The molecule has 0 saturated carbocycles. The average molecular weight is 334 g/mol. The highest BCUT2D eigenvalue weighted by Crippen LogP contribution is 2.23. The molecule has 4 rings (SSSR count). The largest absolute Gasteiger partial charge is 0.366 e. The SMILES string of the molecule is NC(=O)c1ccc2c(c1)ncn2N1CCC(Cc2ccccc2)CC1. The van der Waals surface area contributed by atoms with Crippen molar-refractivity contribution in [1.82, 2.24) is 9.66 Å². The van der Waals surface area contributed by atoms with Gasteiger partial charge in [0, 0.05) is 18.7 Å². The molecule has 128 valence electrons. The van der Waals surface area contributed by atoms with Gasteiger partial charge in [-0.15, -0.1) is 0 Å². The van der Waals surface area contributed by atoms with Crippen molar-refractivity contribution in [2.75, 3.05) is 18.1 Å². The first-order valence-corrected chi connectivity index (χ1v) is 8.77. The zero-order valence-electron chi connectivity index (χ0n) is 14.1. The molecule has 0 atom stereocenters. The van der Waals surface area contributed by atoms with E-state index in [1.807, 2.05) is 12.4 Å². The van der Waals surface area contributed by atoms with Crippen LogP contribution in [-0.2, 0) is 6.42 Å². The Morgan fingerprint density at radius 3 is 2.60 bits per heavy atom. The summed E-state index contributed by atoms with van der Waals surface area (Å²) in [6.45, 7) is 2.03. The monoisotopic (exact) mass is 334 g/mol. The van der Waals surface area contributed by atoms with Crippen LogP contribution in [0.4, 0.5) is 0 Å². The van der Waals surface area contributed by atoms with E-state index in [1.54, 1.807) is 12.1 Å². The molecule has 1 aliphatic rings. The number of rotatable bonds is 4. The van der Waals surface area contributed by atoms with Crippen LogP contribution in [0, 0.1) is 5.92 Å². The lowest BCUT2D eigenvalue weighted by Crippen LogP contribution is -2.41. The van der Waals surface area contributed by atoms with Crippen molar-refractivity contribution in [1.29, 1.82) is 0 Å². The fraction of sp³-hybridized carbons (Fsp3) is 0.300. The highest BCUT2D eigenvalue weighted by molar-refractivity contribution is 5.96. The third-order valence-electron chi connectivity index (χ3n) is 5.08. The van der Waals surface area contributed by atoms with E-state index < -0.39 is 5.91 Å². The maximum Gasteiger partial charge on any atom is 0.248 e. The van der Waals surface area contributed by atoms with Crippen molar-refractivity contribution in [2.45, 2.75) is 19.3 Å². The number of aromatic nitrogens is 2. The quantitative estimate of drug-likeness (QED) is 0.798. The van der Waals surface area contributed by atoms with Gasteiger partial charge in [-0.2, -0.15) is 0 Å². The van der Waals surface area contributed by atoms with Crippen molar-refractivity contribution in [3.63, 3.8) is 0 Å². The normalized spacial score (nSPS) is 15.6. The summed E-state index contributed by atoms with van der Waals surface area (Å²) in [5.74, 6) is 0.313. The molecule has 1 amide bonds. The minimum Gasteiger partial charge on any atom is -0.366 e. The van der Waals surface area contributed by atoms with E-state index >= 15 is 0 Å². The Kier molecular flexibility index (Phi) is 4.14. The highest BCUT2D eigenvalue weighted by atomic mass is 16.1. The van der Waals surface area contributed by atoms with E-state index in [2.05, 4.69) is 45.0 Å². The topological polar surface area (TPSA) is 64.2 Å². The van der Waals surface area contributed by atoms with E-state index in [0.29, 0.717) is 5.56 Å². The van der Waals surface area contributed by atoms with Crippen LogP contribution >= 0.6 is 0 Å². The van der Waals surface area contributed by atoms with Gasteiger partial charge in [-0.1, -0.05) is 30.3 Å². The van der Waals surface area contributed by atoms with Crippen molar-refractivity contribution in [3.8, 4) is 0 Å². The first-order chi connectivity index (χ1) is 12.2. The maximum absolute atomic E-state index is 11.3. The lowest BCUT2D eigenvalue weighted by molar-refractivity contribution is 0.100. The summed E-state index contributed by atoms with van der Waals surface area (Å²) in [5, 5.41) is 2.33. The number of imidazole rings is 1. The molecule has 2 N–H and O–H groups in total. The zero-order valence-corrected chi connectivity index (χ0v) is 14.1. The number of amides is 1. The number of carbonyl (C=O) groups excluding carboxylic acids is 1. The maximum atomic E-state index is 11.3. The van der Waals surface area contributed by atoms with E-state index in [9.17, 15) is 4.79 Å². The summed E-state index contributed by atoms with van der Waals surface area (Å²) in [6, 6.07) is 16.2. The molecule has 0 bridgehead atoms. The van der Waals surface area contributed by atoms with Crippen LogP contribution in [0.25, 0.3) is 11.0 Å². The summed E-state index contributed by atoms with van der Waals surface area (Å²) in [6.07, 6.45) is 5.34. The van der Waals surface area contributed by atoms with Gasteiger partial charge in [0.2, 0.25) is 5.91 Å². The van der Waals surface area contributed by atoms with Crippen LogP contribution in [0.5, 0.6) is 0 Å². The van der Waals surface area contributed by atoms with Crippen LogP contribution in [0.1, 0.15) is 28.8 Å². The number of fused-ring (bicyclic) bond motifs is 1. The Hall–Kier alpha value is -2.82. The summed E-state index contributed by atoms with van der Waals surface area (Å²) in [7, 11) is 0. The van der Waals surface area contributed by atoms with Crippen molar-refractivity contribution >= 4 is 16.9 Å². The minimum absolute atomic E-state index is 0.418. The van der Waals surface area contributed by atoms with Gasteiger partial charge in [0.25, 0.3) is 0 Å². The van der Waals surface area contributed by atoms with Gasteiger partial charge < -0.3 is 10.7 Å². The Morgan fingerprint density at radius 2 is 1.88 bits per heavy atom. The van der Waals surface area contributed by atoms with Crippen molar-refractivity contribution < 1.29 is 4.79 Å². The third kappa shape index (κ3) is 3.22. The predicted molar refractivity (Wildman–Crippen MR) is 99.1 cm³/mol. The third-order valence-corrected chi connectivity index (χ3v) is 5.08. The standard InChI is InChI=1S/C20H22N4O/c21-20(25)17-6-7-19-18(13-17)22-14-24(19)23-10-8-16(9-11-23)12-15-4-2-1-3-5-15/h1-7,13-14,16H,8-12H2,(H2,21,25). The second kappa shape index (κ2) is 6.59. The molecule has 1 saturated heterocycles. The summed E-state index contributed by atoms with van der Waals surface area (Å²) < 4.78 is 2.11. The van der Waals surface area contributed by atoms with Crippen LogP contribution in [0.15, 0.2) is 54.9 Å². The Balaban J connectivity index is 1.45. The van der Waals surface area contributed by atoms with Gasteiger partial charge in [-0.05, 0) is 48.9 Å². The lowest BCUT2D eigenvalue weighted by atomic mass is 9.91. The zero-order chi connectivity index (χ0) is 17.2. The van der Waals surface area contributed by atoms with E-state index in [4.69, 9.17) is 5.73 Å². The minimum atomic E-state index is -0.418. The molecule has 1 aromatic heterocycles. The Labute approximate surface area is 147 Å². The van der Waals surface area contributed by atoms with Crippen LogP contribution < -0.4 is 10.7 Å². The fourth-order valence-corrected chi connectivity index (χ4v) is 3.66. The van der Waals surface area contributed by atoms with Crippen LogP contribution in [-0.4, -0.2) is 28.7 Å². The molecule has 5 heteroatoms. The average Bonchev–Trinajstić information content (AvgIpc) is 3.06. The summed E-state index contributed by atoms with van der Waals surface area (Å²) in [5.41, 5.74) is 9.10. The Bertz CT molecular complexity index is 879. The van der Waals surface area contributed by atoms with Gasteiger partial charge >= 0.3 is 0 Å². The van der Waals surface area contributed by atoms with Crippen LogP contribution in [0.2, 0.25) is 0 Å². The number of hydrogen-bond donors (Lipinski definition) is 1. The molecule has 2 aromatic carbocycles. The predicted octanol–water partition coefficient (Wildman–Crippen LogP) is 2.73. The van der Waals surface area contributed by atoms with Crippen molar-refractivity contribution in [3.05, 3.63) is 66.0 Å². The molecule has 2 heterocycles. The fourth-order valence-electron chi connectivity index (χ4n) is 3.66. The summed E-state index contributed by atoms with van der Waals surface area (Å²) in [4.78, 5) is 15.8. The smallest absolute Gasteiger partial charge is 0.248 e. The number of nitrogens with two attached hydrogens (primary N) is 1. The van der Waals surface area contributed by atoms with E-state index in [-0.39, 0.29) is 0 Å². The van der Waals surface area contributed by atoms with Crippen molar-refractivity contribution in [2.24, 2.45) is 11.7 Å². The molecule has 5 nitrogen and oxygen atoms in total. The first-order valence-electron chi connectivity index (χ1n) is 8.77. The first kappa shape index (κ1) is 15.7. The van der Waals surface area contributed by atoms with Gasteiger partial charge in [0.05, 0.1) is 11.0 Å². The number of hydrogen-bond acceptors (Lipinski definition) is 3. The molecule has 0 aliphatic carbocycles. The molecule has 3 aromatic rings. The van der Waals surface area contributed by atoms with Crippen LogP contribution in [0.3, 0.4) is 0 Å². The lowest BCUT2D eigenvalue weighted by Gasteiger charge is -2.34. The van der Waals surface area contributed by atoms with Gasteiger partial charge in [0.15, 0.2) is 0 Å². The molecule has 25 heavy (non-hydrogen) atoms. The van der Waals surface area contributed by atoms with E-state index in [0.717, 1.165) is 36.5 Å². The highest BCUT2D eigenvalue weighted by Gasteiger charge is 2.21. The molecule has 1 fully saturated rings. The van der Waals surface area contributed by atoms with E-state index in [1.165, 1.54) is 18.4 Å². The number of nitrogens with zero attached hydrogens (tertiary/aromatic N) is 3. The molecular weight excluding hydrogens is 312 g/mol. The van der Waals surface area contributed by atoms with Gasteiger partial charge in [-0.25, -0.2) is 9.66 Å². The number of carbonyl (C=O) groups is 1. The summed E-state index contributed by atoms with van der Waals surface area (Å²) >= 11 is 0. The number of primary amides is 1.